The van der Waals surface area contributed by atoms with E-state index in [0.717, 1.165) is 58.2 Å². The zero-order valence-corrected chi connectivity index (χ0v) is 23.8. The van der Waals surface area contributed by atoms with Crippen LogP contribution in [0.3, 0.4) is 0 Å². The first-order valence-electron chi connectivity index (χ1n) is 13.3. The molecule has 40 heavy (non-hydrogen) atoms. The smallest absolute Gasteiger partial charge is 0.230 e. The molecule has 0 unspecified atom stereocenters. The summed E-state index contributed by atoms with van der Waals surface area (Å²) < 4.78 is 8.90. The minimum Gasteiger partial charge on any atom is -0.496 e. The van der Waals surface area contributed by atoms with Gasteiger partial charge < -0.3 is 20.7 Å². The van der Waals surface area contributed by atoms with Crippen LogP contribution < -0.4 is 25.4 Å². The van der Waals surface area contributed by atoms with Crippen molar-refractivity contribution in [1.29, 1.82) is 0 Å². The highest BCUT2D eigenvalue weighted by Crippen LogP contribution is 2.32. The number of rotatable bonds is 6. The fourth-order valence-corrected chi connectivity index (χ4v) is 5.29. The Kier molecular flexibility index (Phi) is 8.52. The lowest BCUT2D eigenvalue weighted by Gasteiger charge is -2.26. The molecule has 2 heterocycles. The predicted octanol–water partition coefficient (Wildman–Crippen LogP) is 5.90. The number of anilines is 3. The molecule has 4 bridgehead atoms. The maximum atomic E-state index is 13.1. The van der Waals surface area contributed by atoms with Crippen LogP contribution in [0.25, 0.3) is 11.1 Å². The van der Waals surface area contributed by atoms with Gasteiger partial charge in [0, 0.05) is 47.5 Å². The minimum absolute atomic E-state index is 0.0635. The first-order valence-corrected chi connectivity index (χ1v) is 14.1. The van der Waals surface area contributed by atoms with Crippen LogP contribution >= 0.6 is 11.9 Å². The topological polar surface area (TPSA) is 100 Å². The number of hydrogen-bond donors (Lipinski definition) is 4. The molecule has 9 heteroatoms. The maximum absolute atomic E-state index is 13.1. The van der Waals surface area contributed by atoms with E-state index >= 15 is 0 Å². The van der Waals surface area contributed by atoms with E-state index < -0.39 is 5.41 Å². The first-order chi connectivity index (χ1) is 19.4. The van der Waals surface area contributed by atoms with Crippen LogP contribution in [0.2, 0.25) is 0 Å². The number of para-hydroxylation sites is 1. The molecule has 4 N–H and O–H groups in total. The molecule has 0 saturated carbocycles. The lowest BCUT2D eigenvalue weighted by Crippen LogP contribution is -2.39. The number of nitrogens with zero attached hydrogens (tertiary/aromatic N) is 2. The van der Waals surface area contributed by atoms with E-state index in [2.05, 4.69) is 37.8 Å². The third-order valence-electron chi connectivity index (χ3n) is 6.88. The lowest BCUT2D eigenvalue weighted by molar-refractivity contribution is -0.125. The third kappa shape index (κ3) is 6.38. The standard InChI is InChI=1S/C31H34N6O2S/c1-31(2,26-10-4-5-11-27(26)39-3)29(38)33-19-21-12-14-22(15-13-21)25-20-34-30-36-23-8-6-9-24(18-23)40-35-17-7-16-32-28(25)37-30/h4-6,8-15,18,20,35H,7,16-17,19H2,1-3H3,(H,33,38)(H2,32,34,36,37). The number of aromatic nitrogens is 2. The Balaban J connectivity index is 1.30. The van der Waals surface area contributed by atoms with Crippen LogP contribution in [-0.4, -0.2) is 36.1 Å². The zero-order chi connectivity index (χ0) is 28.0. The SMILES string of the molecule is COc1ccccc1C(C)(C)C(=O)NCc1ccc(-c2cnc3nc2NCCCNSc2cccc(c2)N3)cc1. The van der Waals surface area contributed by atoms with E-state index in [1.165, 1.54) is 0 Å². The molecule has 3 aromatic carbocycles. The van der Waals surface area contributed by atoms with Gasteiger partial charge in [-0.15, -0.1) is 0 Å². The van der Waals surface area contributed by atoms with Crippen molar-refractivity contribution in [2.24, 2.45) is 0 Å². The second-order valence-electron chi connectivity index (χ2n) is 10.1. The quantitative estimate of drug-likeness (QED) is 0.219. The molecule has 0 fully saturated rings. The molecule has 8 nitrogen and oxygen atoms in total. The molecular formula is C31H34N6O2S. The van der Waals surface area contributed by atoms with Gasteiger partial charge in [-0.2, -0.15) is 4.98 Å². The van der Waals surface area contributed by atoms with E-state index in [4.69, 9.17) is 9.72 Å². The zero-order valence-electron chi connectivity index (χ0n) is 23.0. The summed E-state index contributed by atoms with van der Waals surface area (Å²) in [5.41, 5.74) is 3.97. The van der Waals surface area contributed by atoms with Crippen molar-refractivity contribution in [3.05, 3.63) is 90.1 Å². The van der Waals surface area contributed by atoms with Crippen molar-refractivity contribution in [3.8, 4) is 16.9 Å². The Morgan fingerprint density at radius 1 is 1.05 bits per heavy atom. The summed E-state index contributed by atoms with van der Waals surface area (Å²) in [7, 11) is 1.62. The molecule has 4 aromatic rings. The van der Waals surface area contributed by atoms with Gasteiger partial charge in [0.05, 0.1) is 12.5 Å². The van der Waals surface area contributed by atoms with Gasteiger partial charge in [0.25, 0.3) is 0 Å². The normalized spacial score (nSPS) is 13.5. The van der Waals surface area contributed by atoms with Gasteiger partial charge in [0.2, 0.25) is 11.9 Å². The molecule has 206 valence electrons. The number of methoxy groups -OCH3 is 1. The van der Waals surface area contributed by atoms with Gasteiger partial charge in [-0.1, -0.05) is 48.5 Å². The summed E-state index contributed by atoms with van der Waals surface area (Å²) in [4.78, 5) is 23.7. The maximum Gasteiger partial charge on any atom is 0.230 e. The van der Waals surface area contributed by atoms with E-state index in [0.29, 0.717) is 18.2 Å². The highest BCUT2D eigenvalue weighted by molar-refractivity contribution is 7.97. The molecular weight excluding hydrogens is 520 g/mol. The monoisotopic (exact) mass is 554 g/mol. The molecule has 1 aliphatic heterocycles. The molecule has 1 aliphatic rings. The van der Waals surface area contributed by atoms with Crippen molar-refractivity contribution in [3.63, 3.8) is 0 Å². The van der Waals surface area contributed by atoms with E-state index in [-0.39, 0.29) is 5.91 Å². The molecule has 5 rings (SSSR count). The number of benzene rings is 3. The van der Waals surface area contributed by atoms with Gasteiger partial charge in [0.1, 0.15) is 11.6 Å². The second-order valence-corrected chi connectivity index (χ2v) is 11.1. The third-order valence-corrected chi connectivity index (χ3v) is 7.72. The fraction of sp³-hybridized carbons (Fsp3) is 0.258. The second kappa shape index (κ2) is 12.4. The fourth-order valence-electron chi connectivity index (χ4n) is 4.54. The van der Waals surface area contributed by atoms with Crippen molar-refractivity contribution in [2.45, 2.75) is 37.1 Å². The van der Waals surface area contributed by atoms with Gasteiger partial charge in [-0.25, -0.2) is 4.98 Å². The Morgan fingerprint density at radius 2 is 1.88 bits per heavy atom. The lowest BCUT2D eigenvalue weighted by atomic mass is 9.83. The molecule has 0 radical (unpaired) electrons. The predicted molar refractivity (Wildman–Crippen MR) is 162 cm³/mol. The van der Waals surface area contributed by atoms with Crippen LogP contribution in [0.1, 0.15) is 31.4 Å². The van der Waals surface area contributed by atoms with Crippen molar-refractivity contribution < 1.29 is 9.53 Å². The van der Waals surface area contributed by atoms with Crippen LogP contribution in [0.4, 0.5) is 17.5 Å². The number of fused-ring (bicyclic) bond motifs is 4. The number of carbonyl (C=O) groups is 1. The molecule has 0 aliphatic carbocycles. The van der Waals surface area contributed by atoms with Crippen molar-refractivity contribution in [2.75, 3.05) is 30.8 Å². The first kappa shape index (κ1) is 27.5. The molecule has 0 atom stereocenters. The van der Waals surface area contributed by atoms with Gasteiger partial charge in [0.15, 0.2) is 0 Å². The molecule has 1 amide bonds. The van der Waals surface area contributed by atoms with Crippen LogP contribution in [0.15, 0.2) is 83.9 Å². The Hall–Kier alpha value is -4.08. The summed E-state index contributed by atoms with van der Waals surface area (Å²) in [6.45, 7) is 5.89. The average Bonchev–Trinajstić information content (AvgIpc) is 2.98. The number of nitrogens with one attached hydrogen (secondary N) is 4. The summed E-state index contributed by atoms with van der Waals surface area (Å²) in [6, 6.07) is 23.9. The molecule has 0 spiro atoms. The van der Waals surface area contributed by atoms with Gasteiger partial charge >= 0.3 is 0 Å². The minimum atomic E-state index is -0.741. The summed E-state index contributed by atoms with van der Waals surface area (Å²) in [5.74, 6) is 1.96. The Bertz CT molecular complexity index is 1480. The van der Waals surface area contributed by atoms with Gasteiger partial charge in [-0.05, 0) is 67.6 Å². The van der Waals surface area contributed by atoms with Crippen molar-refractivity contribution in [1.82, 2.24) is 20.0 Å². The van der Waals surface area contributed by atoms with E-state index in [1.807, 2.05) is 80.7 Å². The summed E-state index contributed by atoms with van der Waals surface area (Å²) in [6.07, 6.45) is 2.80. The van der Waals surface area contributed by atoms with Crippen molar-refractivity contribution >= 4 is 35.3 Å². The highest BCUT2D eigenvalue weighted by Gasteiger charge is 2.32. The highest BCUT2D eigenvalue weighted by atomic mass is 32.2. The number of ether oxygens (including phenoxy) is 1. The van der Waals surface area contributed by atoms with Crippen LogP contribution in [0.5, 0.6) is 5.75 Å². The summed E-state index contributed by atoms with van der Waals surface area (Å²) >= 11 is 1.62. The molecule has 0 saturated heterocycles. The number of amides is 1. The molecule has 1 aromatic heterocycles. The number of hydrogen-bond acceptors (Lipinski definition) is 8. The average molecular weight is 555 g/mol. The van der Waals surface area contributed by atoms with Crippen LogP contribution in [-0.2, 0) is 16.8 Å². The van der Waals surface area contributed by atoms with E-state index in [1.54, 1.807) is 19.1 Å². The Morgan fingerprint density at radius 3 is 2.70 bits per heavy atom. The van der Waals surface area contributed by atoms with Gasteiger partial charge in [-0.3, -0.25) is 9.52 Å². The Labute approximate surface area is 239 Å². The largest absolute Gasteiger partial charge is 0.496 e. The van der Waals surface area contributed by atoms with E-state index in [9.17, 15) is 4.79 Å². The van der Waals surface area contributed by atoms with Crippen LogP contribution in [0, 0.1) is 0 Å². The summed E-state index contributed by atoms with van der Waals surface area (Å²) in [5, 5.41) is 9.89. The number of carbonyl (C=O) groups excluding carboxylic acids is 1.